The molecule has 18 heavy (non-hydrogen) atoms. The molecular formula is C12H6ClF2N3. The summed E-state index contributed by atoms with van der Waals surface area (Å²) in [7, 11) is 0. The van der Waals surface area contributed by atoms with Crippen LogP contribution >= 0.6 is 11.6 Å². The van der Waals surface area contributed by atoms with Gasteiger partial charge in [-0.25, -0.2) is 18.4 Å². The monoisotopic (exact) mass is 265 g/mol. The van der Waals surface area contributed by atoms with Gasteiger partial charge in [0.2, 0.25) is 0 Å². The van der Waals surface area contributed by atoms with E-state index in [0.717, 1.165) is 6.20 Å². The summed E-state index contributed by atoms with van der Waals surface area (Å²) in [4.78, 5) is 3.90. The predicted octanol–water partition coefficient (Wildman–Crippen LogP) is 3.35. The molecule has 0 aliphatic rings. The van der Waals surface area contributed by atoms with Crippen LogP contribution in [0.2, 0.25) is 5.02 Å². The van der Waals surface area contributed by atoms with Crippen molar-refractivity contribution in [2.45, 2.75) is 0 Å². The fourth-order valence-electron chi connectivity index (χ4n) is 1.71. The van der Waals surface area contributed by atoms with E-state index in [2.05, 4.69) is 10.1 Å². The molecule has 3 aromatic rings. The van der Waals surface area contributed by atoms with Crippen LogP contribution in [0.15, 0.2) is 36.7 Å². The van der Waals surface area contributed by atoms with Crippen LogP contribution in [0.25, 0.3) is 16.7 Å². The average Bonchev–Trinajstić information content (AvgIpc) is 2.75. The molecule has 0 unspecified atom stereocenters. The molecule has 6 heteroatoms. The van der Waals surface area contributed by atoms with Crippen molar-refractivity contribution in [3.63, 3.8) is 0 Å². The van der Waals surface area contributed by atoms with E-state index in [1.54, 1.807) is 0 Å². The first-order valence-corrected chi connectivity index (χ1v) is 5.47. The normalized spacial score (nSPS) is 11.1. The molecule has 0 amide bonds. The van der Waals surface area contributed by atoms with Gasteiger partial charge in [-0.1, -0.05) is 11.6 Å². The lowest BCUT2D eigenvalue weighted by Crippen LogP contribution is -1.97. The topological polar surface area (TPSA) is 30.7 Å². The molecule has 2 aromatic heterocycles. The zero-order valence-corrected chi connectivity index (χ0v) is 9.70. The molecule has 0 saturated carbocycles. The third kappa shape index (κ3) is 1.73. The predicted molar refractivity (Wildman–Crippen MR) is 63.8 cm³/mol. The first-order valence-electron chi connectivity index (χ1n) is 5.10. The Morgan fingerprint density at radius 1 is 1.11 bits per heavy atom. The number of hydrogen-bond donors (Lipinski definition) is 0. The van der Waals surface area contributed by atoms with Crippen LogP contribution in [0.3, 0.4) is 0 Å². The fraction of sp³-hybridized carbons (Fsp3) is 0. The maximum Gasteiger partial charge on any atom is 0.143 e. The van der Waals surface area contributed by atoms with Crippen LogP contribution < -0.4 is 0 Å². The third-order valence-corrected chi connectivity index (χ3v) is 2.83. The summed E-state index contributed by atoms with van der Waals surface area (Å²) in [5, 5.41) is 4.07. The van der Waals surface area contributed by atoms with E-state index in [1.165, 1.54) is 35.1 Å². The molecule has 0 aliphatic carbocycles. The minimum atomic E-state index is -0.513. The Labute approximate surface area is 106 Å². The van der Waals surface area contributed by atoms with E-state index in [-0.39, 0.29) is 5.02 Å². The molecule has 1 aromatic carbocycles. The van der Waals surface area contributed by atoms with E-state index >= 15 is 0 Å². The lowest BCUT2D eigenvalue weighted by Gasteiger charge is -2.04. The van der Waals surface area contributed by atoms with Gasteiger partial charge in [0.25, 0.3) is 0 Å². The molecular weight excluding hydrogens is 260 g/mol. The molecule has 0 atom stereocenters. The fourth-order valence-corrected chi connectivity index (χ4v) is 1.88. The Morgan fingerprint density at radius 3 is 2.72 bits per heavy atom. The number of fused-ring (bicyclic) bond motifs is 1. The number of rotatable bonds is 1. The quantitative estimate of drug-likeness (QED) is 0.675. The van der Waals surface area contributed by atoms with E-state index in [0.29, 0.717) is 16.7 Å². The van der Waals surface area contributed by atoms with Gasteiger partial charge in [0.1, 0.15) is 17.2 Å². The molecule has 0 N–H and O–H groups in total. The minimum Gasteiger partial charge on any atom is -0.250 e. The van der Waals surface area contributed by atoms with Crippen LogP contribution in [-0.2, 0) is 0 Å². The zero-order chi connectivity index (χ0) is 12.7. The Kier molecular flexibility index (Phi) is 2.48. The highest BCUT2D eigenvalue weighted by Crippen LogP contribution is 2.22. The van der Waals surface area contributed by atoms with Crippen molar-refractivity contribution in [3.05, 3.63) is 53.3 Å². The Hall–Kier alpha value is -2.01. The molecule has 0 spiro atoms. The second-order valence-corrected chi connectivity index (χ2v) is 4.12. The molecule has 0 radical (unpaired) electrons. The van der Waals surface area contributed by atoms with Crippen molar-refractivity contribution >= 4 is 22.6 Å². The van der Waals surface area contributed by atoms with Gasteiger partial charge in [-0.15, -0.1) is 0 Å². The molecule has 90 valence electrons. The molecule has 2 heterocycles. The van der Waals surface area contributed by atoms with Gasteiger partial charge in [0, 0.05) is 6.07 Å². The summed E-state index contributed by atoms with van der Waals surface area (Å²) in [6.07, 6.45) is 2.62. The summed E-state index contributed by atoms with van der Waals surface area (Å²) >= 11 is 5.71. The second kappa shape index (κ2) is 4.03. The second-order valence-electron chi connectivity index (χ2n) is 3.71. The van der Waals surface area contributed by atoms with Gasteiger partial charge in [0.15, 0.2) is 0 Å². The van der Waals surface area contributed by atoms with Crippen LogP contribution in [0.5, 0.6) is 0 Å². The maximum absolute atomic E-state index is 13.2. The summed E-state index contributed by atoms with van der Waals surface area (Å²) in [6.45, 7) is 0. The SMILES string of the molecule is Fc1cnc2cnn(-c3ccc(F)c(Cl)c3)c2c1. The lowest BCUT2D eigenvalue weighted by atomic mass is 10.3. The van der Waals surface area contributed by atoms with Gasteiger partial charge in [-0.3, -0.25) is 0 Å². The number of aromatic nitrogens is 3. The molecule has 0 bridgehead atoms. The van der Waals surface area contributed by atoms with Crippen molar-refractivity contribution in [2.75, 3.05) is 0 Å². The van der Waals surface area contributed by atoms with Crippen molar-refractivity contribution in [1.82, 2.24) is 14.8 Å². The highest BCUT2D eigenvalue weighted by atomic mass is 35.5. The van der Waals surface area contributed by atoms with Crippen molar-refractivity contribution in [1.29, 1.82) is 0 Å². The lowest BCUT2D eigenvalue weighted by molar-refractivity contribution is 0.623. The Morgan fingerprint density at radius 2 is 1.94 bits per heavy atom. The first kappa shape index (κ1) is 11.1. The summed E-state index contributed by atoms with van der Waals surface area (Å²) in [5.74, 6) is -0.973. The van der Waals surface area contributed by atoms with Crippen molar-refractivity contribution in [2.24, 2.45) is 0 Å². The molecule has 0 saturated heterocycles. The van der Waals surface area contributed by atoms with Gasteiger partial charge < -0.3 is 0 Å². The standard InChI is InChI=1S/C12H6ClF2N3/c13-9-4-8(1-2-10(9)15)18-12-3-7(14)5-16-11(12)6-17-18/h1-6H. The third-order valence-electron chi connectivity index (χ3n) is 2.54. The van der Waals surface area contributed by atoms with Gasteiger partial charge >= 0.3 is 0 Å². The maximum atomic E-state index is 13.2. The largest absolute Gasteiger partial charge is 0.250 e. The van der Waals surface area contributed by atoms with E-state index in [1.807, 2.05) is 0 Å². The van der Waals surface area contributed by atoms with Gasteiger partial charge in [-0.05, 0) is 18.2 Å². The first-order chi connectivity index (χ1) is 8.65. The summed E-state index contributed by atoms with van der Waals surface area (Å²) in [6, 6.07) is 5.48. The summed E-state index contributed by atoms with van der Waals surface area (Å²) < 4.78 is 27.7. The number of benzene rings is 1. The minimum absolute atomic E-state index is 0.0134. The van der Waals surface area contributed by atoms with Crippen molar-refractivity contribution < 1.29 is 8.78 Å². The molecule has 0 aliphatic heterocycles. The van der Waals surface area contributed by atoms with Gasteiger partial charge in [-0.2, -0.15) is 5.10 Å². The van der Waals surface area contributed by atoms with E-state index < -0.39 is 11.6 Å². The number of halogens is 3. The Bertz CT molecular complexity index is 739. The highest BCUT2D eigenvalue weighted by molar-refractivity contribution is 6.30. The zero-order valence-electron chi connectivity index (χ0n) is 8.94. The Balaban J connectivity index is 2.24. The van der Waals surface area contributed by atoms with Crippen LogP contribution in [-0.4, -0.2) is 14.8 Å². The molecule has 0 fully saturated rings. The molecule has 3 nitrogen and oxygen atoms in total. The summed E-state index contributed by atoms with van der Waals surface area (Å²) in [5.41, 5.74) is 1.60. The van der Waals surface area contributed by atoms with E-state index in [9.17, 15) is 8.78 Å². The van der Waals surface area contributed by atoms with Crippen LogP contribution in [0.4, 0.5) is 8.78 Å². The number of hydrogen-bond acceptors (Lipinski definition) is 2. The molecule has 3 rings (SSSR count). The number of nitrogens with zero attached hydrogens (tertiary/aromatic N) is 3. The smallest absolute Gasteiger partial charge is 0.143 e. The van der Waals surface area contributed by atoms with E-state index in [4.69, 9.17) is 11.6 Å². The van der Waals surface area contributed by atoms with Crippen molar-refractivity contribution in [3.8, 4) is 5.69 Å². The average molecular weight is 266 g/mol. The van der Waals surface area contributed by atoms with Gasteiger partial charge in [0.05, 0.1) is 28.6 Å². The van der Waals surface area contributed by atoms with Crippen LogP contribution in [0.1, 0.15) is 0 Å². The number of pyridine rings is 1. The van der Waals surface area contributed by atoms with Crippen LogP contribution in [0, 0.1) is 11.6 Å². The highest BCUT2D eigenvalue weighted by Gasteiger charge is 2.09.